The van der Waals surface area contributed by atoms with E-state index in [1.807, 2.05) is 13.1 Å². The van der Waals surface area contributed by atoms with Gasteiger partial charge in [-0.3, -0.25) is 4.57 Å². The minimum absolute atomic E-state index is 0.549. The van der Waals surface area contributed by atoms with Crippen molar-refractivity contribution >= 4 is 22.8 Å². The SMILES string of the molecule is Cc1cc(C)cc(-n2c(CCCl)nc3cc(C)cnc32)c1. The Labute approximate surface area is 129 Å². The number of aryl methyl sites for hydroxylation is 4. The Morgan fingerprint density at radius 3 is 2.38 bits per heavy atom. The highest BCUT2D eigenvalue weighted by atomic mass is 35.5. The maximum absolute atomic E-state index is 5.94. The van der Waals surface area contributed by atoms with Crippen LogP contribution in [0, 0.1) is 20.8 Å². The summed E-state index contributed by atoms with van der Waals surface area (Å²) in [6, 6.07) is 8.56. The van der Waals surface area contributed by atoms with Crippen molar-refractivity contribution in [2.24, 2.45) is 0 Å². The lowest BCUT2D eigenvalue weighted by Gasteiger charge is -2.10. The molecule has 0 spiro atoms. The first kappa shape index (κ1) is 14.1. The fourth-order valence-electron chi connectivity index (χ4n) is 2.72. The average Bonchev–Trinajstić information content (AvgIpc) is 2.75. The molecule has 0 aliphatic rings. The zero-order chi connectivity index (χ0) is 15.0. The summed E-state index contributed by atoms with van der Waals surface area (Å²) in [6.07, 6.45) is 2.61. The molecule has 108 valence electrons. The quantitative estimate of drug-likeness (QED) is 0.681. The Balaban J connectivity index is 2.30. The van der Waals surface area contributed by atoms with Gasteiger partial charge in [0.05, 0.1) is 0 Å². The highest BCUT2D eigenvalue weighted by Crippen LogP contribution is 2.23. The maximum atomic E-state index is 5.94. The van der Waals surface area contributed by atoms with Crippen LogP contribution in [0.3, 0.4) is 0 Å². The van der Waals surface area contributed by atoms with Crippen LogP contribution in [0.15, 0.2) is 30.5 Å². The molecule has 0 bridgehead atoms. The number of rotatable bonds is 3. The van der Waals surface area contributed by atoms with Crippen molar-refractivity contribution in [3.63, 3.8) is 0 Å². The minimum Gasteiger partial charge on any atom is -0.281 e. The molecule has 0 unspecified atom stereocenters. The molecule has 0 amide bonds. The van der Waals surface area contributed by atoms with Gasteiger partial charge in [-0.25, -0.2) is 9.97 Å². The molecule has 3 aromatic rings. The molecule has 0 N–H and O–H groups in total. The molecular weight excluding hydrogens is 282 g/mol. The van der Waals surface area contributed by atoms with Crippen LogP contribution in [0.4, 0.5) is 0 Å². The smallest absolute Gasteiger partial charge is 0.164 e. The monoisotopic (exact) mass is 299 g/mol. The van der Waals surface area contributed by atoms with Crippen molar-refractivity contribution in [3.8, 4) is 5.69 Å². The van der Waals surface area contributed by atoms with E-state index < -0.39 is 0 Å². The number of aromatic nitrogens is 3. The van der Waals surface area contributed by atoms with Gasteiger partial charge in [0, 0.05) is 24.2 Å². The molecule has 1 aromatic carbocycles. The molecule has 3 rings (SSSR count). The Bertz CT molecular complexity index is 785. The van der Waals surface area contributed by atoms with Crippen LogP contribution in [0.5, 0.6) is 0 Å². The van der Waals surface area contributed by atoms with E-state index in [4.69, 9.17) is 16.6 Å². The predicted octanol–water partition coefficient (Wildman–Crippen LogP) is 4.13. The summed E-state index contributed by atoms with van der Waals surface area (Å²) in [4.78, 5) is 9.29. The standard InChI is InChI=1S/C17H18ClN3/c1-11-6-12(2)8-14(7-11)21-16(4-5-18)20-15-9-13(3)10-19-17(15)21/h6-10H,4-5H2,1-3H3. The van der Waals surface area contributed by atoms with Crippen LogP contribution in [0.25, 0.3) is 16.9 Å². The van der Waals surface area contributed by atoms with Gasteiger partial charge in [0.1, 0.15) is 11.3 Å². The van der Waals surface area contributed by atoms with E-state index >= 15 is 0 Å². The average molecular weight is 300 g/mol. The van der Waals surface area contributed by atoms with Crippen LogP contribution in [-0.2, 0) is 6.42 Å². The van der Waals surface area contributed by atoms with Crippen molar-refractivity contribution in [3.05, 3.63) is 53.0 Å². The van der Waals surface area contributed by atoms with Gasteiger partial charge in [-0.1, -0.05) is 6.07 Å². The number of nitrogens with zero attached hydrogens (tertiary/aromatic N) is 3. The van der Waals surface area contributed by atoms with Crippen LogP contribution in [-0.4, -0.2) is 20.4 Å². The summed E-state index contributed by atoms with van der Waals surface area (Å²) >= 11 is 5.94. The fraction of sp³-hybridized carbons (Fsp3) is 0.294. The maximum Gasteiger partial charge on any atom is 0.164 e. The van der Waals surface area contributed by atoms with Crippen LogP contribution < -0.4 is 0 Å². The van der Waals surface area contributed by atoms with Crippen LogP contribution in [0.1, 0.15) is 22.5 Å². The molecule has 0 saturated heterocycles. The Kier molecular flexibility index (Phi) is 3.68. The first-order valence-electron chi connectivity index (χ1n) is 7.07. The summed E-state index contributed by atoms with van der Waals surface area (Å²) in [5.74, 6) is 1.51. The lowest BCUT2D eigenvalue weighted by Crippen LogP contribution is -2.03. The van der Waals surface area contributed by atoms with Crippen molar-refractivity contribution in [2.45, 2.75) is 27.2 Å². The van der Waals surface area contributed by atoms with Gasteiger partial charge < -0.3 is 0 Å². The molecule has 0 radical (unpaired) electrons. The van der Waals surface area contributed by atoms with E-state index in [9.17, 15) is 0 Å². The summed E-state index contributed by atoms with van der Waals surface area (Å²) < 4.78 is 2.12. The Morgan fingerprint density at radius 2 is 1.71 bits per heavy atom. The molecule has 0 aliphatic heterocycles. The first-order valence-corrected chi connectivity index (χ1v) is 7.60. The third kappa shape index (κ3) is 2.66. The minimum atomic E-state index is 0.549. The summed E-state index contributed by atoms with van der Waals surface area (Å²) in [5, 5.41) is 0. The van der Waals surface area contributed by atoms with Gasteiger partial charge in [0.2, 0.25) is 0 Å². The van der Waals surface area contributed by atoms with Gasteiger partial charge in [-0.2, -0.15) is 0 Å². The fourth-order valence-corrected chi connectivity index (χ4v) is 2.88. The van der Waals surface area contributed by atoms with E-state index in [0.717, 1.165) is 34.7 Å². The highest BCUT2D eigenvalue weighted by Gasteiger charge is 2.14. The zero-order valence-electron chi connectivity index (χ0n) is 12.5. The van der Waals surface area contributed by atoms with Gasteiger partial charge in [-0.15, -0.1) is 11.6 Å². The molecule has 2 heterocycles. The Hall–Kier alpha value is -1.87. The zero-order valence-corrected chi connectivity index (χ0v) is 13.3. The largest absolute Gasteiger partial charge is 0.281 e. The van der Waals surface area contributed by atoms with Crippen LogP contribution in [0.2, 0.25) is 0 Å². The molecule has 0 atom stereocenters. The van der Waals surface area contributed by atoms with Gasteiger partial charge in [0.15, 0.2) is 5.65 Å². The predicted molar refractivity (Wildman–Crippen MR) is 87.5 cm³/mol. The van der Waals surface area contributed by atoms with Crippen molar-refractivity contribution in [1.82, 2.24) is 14.5 Å². The normalized spacial score (nSPS) is 11.2. The lowest BCUT2D eigenvalue weighted by atomic mass is 10.1. The van der Waals surface area contributed by atoms with Gasteiger partial charge in [0.25, 0.3) is 0 Å². The number of pyridine rings is 1. The highest BCUT2D eigenvalue weighted by molar-refractivity contribution is 6.17. The number of hydrogen-bond acceptors (Lipinski definition) is 2. The molecular formula is C17H18ClN3. The third-order valence-corrected chi connectivity index (χ3v) is 3.68. The molecule has 4 heteroatoms. The van der Waals surface area contributed by atoms with E-state index in [1.54, 1.807) is 0 Å². The first-order chi connectivity index (χ1) is 10.1. The number of imidazole rings is 1. The third-order valence-electron chi connectivity index (χ3n) is 3.49. The summed E-state index contributed by atoms with van der Waals surface area (Å²) in [6.45, 7) is 6.24. The second-order valence-corrected chi connectivity index (χ2v) is 5.88. The van der Waals surface area contributed by atoms with Gasteiger partial charge in [-0.05, 0) is 55.7 Å². The van der Waals surface area contributed by atoms with Gasteiger partial charge >= 0.3 is 0 Å². The van der Waals surface area contributed by atoms with Crippen molar-refractivity contribution in [1.29, 1.82) is 0 Å². The topological polar surface area (TPSA) is 30.7 Å². The van der Waals surface area contributed by atoms with E-state index in [2.05, 4.69) is 47.7 Å². The number of halogens is 1. The molecule has 2 aromatic heterocycles. The Morgan fingerprint density at radius 1 is 1.00 bits per heavy atom. The molecule has 3 nitrogen and oxygen atoms in total. The second-order valence-electron chi connectivity index (χ2n) is 5.50. The van der Waals surface area contributed by atoms with Crippen LogP contribution >= 0.6 is 11.6 Å². The molecule has 0 saturated carbocycles. The molecule has 0 aliphatic carbocycles. The summed E-state index contributed by atoms with van der Waals surface area (Å²) in [5.41, 5.74) is 6.50. The summed E-state index contributed by atoms with van der Waals surface area (Å²) in [7, 11) is 0. The number of hydrogen-bond donors (Lipinski definition) is 0. The number of alkyl halides is 1. The molecule has 21 heavy (non-hydrogen) atoms. The van der Waals surface area contributed by atoms with E-state index in [1.165, 1.54) is 11.1 Å². The van der Waals surface area contributed by atoms with E-state index in [-0.39, 0.29) is 0 Å². The number of benzene rings is 1. The number of fused-ring (bicyclic) bond motifs is 1. The van der Waals surface area contributed by atoms with Crippen molar-refractivity contribution < 1.29 is 0 Å². The van der Waals surface area contributed by atoms with Crippen molar-refractivity contribution in [2.75, 3.05) is 5.88 Å². The molecule has 0 fully saturated rings. The second kappa shape index (κ2) is 5.49. The van der Waals surface area contributed by atoms with E-state index in [0.29, 0.717) is 5.88 Å². The lowest BCUT2D eigenvalue weighted by molar-refractivity contribution is 0.903.